The van der Waals surface area contributed by atoms with E-state index in [2.05, 4.69) is 29.2 Å². The Hall–Kier alpha value is -2.37. The normalized spacial score (nSPS) is 17.2. The van der Waals surface area contributed by atoms with Gasteiger partial charge in [0, 0.05) is 44.1 Å². The third kappa shape index (κ3) is 3.58. The minimum absolute atomic E-state index is 0.0976. The fourth-order valence-electron chi connectivity index (χ4n) is 3.12. The molecule has 0 bridgehead atoms. The second-order valence-corrected chi connectivity index (χ2v) is 6.40. The van der Waals surface area contributed by atoms with Crippen LogP contribution in [0.2, 0.25) is 0 Å². The Morgan fingerprint density at radius 1 is 1.33 bits per heavy atom. The number of carbonyl (C=O) groups excluding carboxylic acids is 1. The molecular formula is C18H25N5O. The first-order chi connectivity index (χ1) is 11.7. The van der Waals surface area contributed by atoms with Crippen LogP contribution in [0.1, 0.15) is 42.6 Å². The van der Waals surface area contributed by atoms with Crippen molar-refractivity contribution in [3.05, 3.63) is 42.2 Å². The van der Waals surface area contributed by atoms with E-state index in [-0.39, 0.29) is 11.9 Å². The number of unbranched alkanes of at least 4 members (excludes halogenated alkanes) is 1. The van der Waals surface area contributed by atoms with Crippen LogP contribution in [0, 0.1) is 0 Å². The number of benzene rings is 1. The molecule has 1 unspecified atom stereocenters. The lowest BCUT2D eigenvalue weighted by atomic mass is 10.1. The minimum Gasteiger partial charge on any atom is -0.375 e. The maximum atomic E-state index is 12.7. The number of aromatic nitrogens is 3. The summed E-state index contributed by atoms with van der Waals surface area (Å²) in [6, 6.07) is 8.17. The van der Waals surface area contributed by atoms with E-state index in [4.69, 9.17) is 0 Å². The van der Waals surface area contributed by atoms with Gasteiger partial charge in [-0.05, 0) is 37.1 Å². The van der Waals surface area contributed by atoms with Gasteiger partial charge in [-0.1, -0.05) is 18.6 Å². The molecule has 6 heteroatoms. The van der Waals surface area contributed by atoms with Crippen molar-refractivity contribution >= 4 is 11.6 Å². The van der Waals surface area contributed by atoms with Gasteiger partial charge in [-0.15, -0.1) is 5.10 Å². The molecule has 128 valence electrons. The molecule has 1 aromatic heterocycles. The van der Waals surface area contributed by atoms with Crippen LogP contribution < -0.4 is 4.90 Å². The molecule has 0 N–H and O–H groups in total. The van der Waals surface area contributed by atoms with E-state index >= 15 is 0 Å². The number of amides is 1. The molecule has 0 aliphatic carbocycles. The zero-order valence-electron chi connectivity index (χ0n) is 14.4. The summed E-state index contributed by atoms with van der Waals surface area (Å²) in [5.41, 5.74) is 1.91. The summed E-state index contributed by atoms with van der Waals surface area (Å²) < 4.78 is 1.85. The first-order valence-corrected chi connectivity index (χ1v) is 8.65. The molecule has 1 saturated heterocycles. The van der Waals surface area contributed by atoms with Crippen molar-refractivity contribution in [3.63, 3.8) is 0 Å². The van der Waals surface area contributed by atoms with Gasteiger partial charge in [0.1, 0.15) is 0 Å². The van der Waals surface area contributed by atoms with Crippen LogP contribution in [-0.4, -0.2) is 52.5 Å². The number of carbonyl (C=O) groups is 1. The lowest BCUT2D eigenvalue weighted by Crippen LogP contribution is -2.29. The average Bonchev–Trinajstić information content (AvgIpc) is 3.30. The number of likely N-dealkylation sites (tertiary alicyclic amines) is 1. The molecule has 6 nitrogen and oxygen atoms in total. The van der Waals surface area contributed by atoms with Crippen molar-refractivity contribution in [1.82, 2.24) is 19.9 Å². The monoisotopic (exact) mass is 327 g/mol. The molecule has 1 aromatic carbocycles. The van der Waals surface area contributed by atoms with Crippen LogP contribution in [0.3, 0.4) is 0 Å². The molecule has 1 aliphatic heterocycles. The number of rotatable bonds is 6. The topological polar surface area (TPSA) is 54.3 Å². The number of hydrogen-bond acceptors (Lipinski definition) is 4. The highest BCUT2D eigenvalue weighted by Crippen LogP contribution is 2.23. The van der Waals surface area contributed by atoms with Crippen molar-refractivity contribution in [3.8, 4) is 0 Å². The third-order valence-electron chi connectivity index (χ3n) is 4.67. The molecule has 2 heterocycles. The maximum absolute atomic E-state index is 12.7. The smallest absolute Gasteiger partial charge is 0.253 e. The highest BCUT2D eigenvalue weighted by Gasteiger charge is 2.28. The Kier molecular flexibility index (Phi) is 5.13. The maximum Gasteiger partial charge on any atom is 0.253 e. The molecule has 24 heavy (non-hydrogen) atoms. The minimum atomic E-state index is 0.0976. The predicted molar refractivity (Wildman–Crippen MR) is 94.2 cm³/mol. The molecule has 1 fully saturated rings. The first-order valence-electron chi connectivity index (χ1n) is 8.65. The quantitative estimate of drug-likeness (QED) is 0.818. The van der Waals surface area contributed by atoms with Crippen molar-refractivity contribution in [2.24, 2.45) is 0 Å². The number of hydrogen-bond donors (Lipinski definition) is 0. The van der Waals surface area contributed by atoms with Crippen LogP contribution in [0.4, 0.5) is 5.69 Å². The largest absolute Gasteiger partial charge is 0.375 e. The van der Waals surface area contributed by atoms with Crippen LogP contribution in [0.25, 0.3) is 0 Å². The SMILES string of the molecule is CCCCN(C)c1ccc(C(=O)N2CCC(n3ccnn3)C2)cc1. The molecule has 0 spiro atoms. The fraction of sp³-hybridized carbons (Fsp3) is 0.500. The van der Waals surface area contributed by atoms with E-state index < -0.39 is 0 Å². The van der Waals surface area contributed by atoms with E-state index in [1.54, 1.807) is 6.20 Å². The standard InChI is InChI=1S/C18H25N5O/c1-3-4-11-21(2)16-7-5-15(6-8-16)18(24)22-12-9-17(14-22)23-13-10-19-20-23/h5-8,10,13,17H,3-4,9,11-12,14H2,1-2H3. The van der Waals surface area contributed by atoms with Gasteiger partial charge < -0.3 is 9.80 Å². The van der Waals surface area contributed by atoms with Crippen molar-refractivity contribution < 1.29 is 4.79 Å². The third-order valence-corrected chi connectivity index (χ3v) is 4.67. The van der Waals surface area contributed by atoms with E-state index in [1.165, 1.54) is 12.8 Å². The van der Waals surface area contributed by atoms with E-state index in [0.29, 0.717) is 6.54 Å². The van der Waals surface area contributed by atoms with Crippen LogP contribution in [-0.2, 0) is 0 Å². The van der Waals surface area contributed by atoms with Gasteiger partial charge in [0.25, 0.3) is 5.91 Å². The molecule has 1 aliphatic rings. The number of nitrogens with zero attached hydrogens (tertiary/aromatic N) is 5. The summed E-state index contributed by atoms with van der Waals surface area (Å²) in [7, 11) is 2.09. The van der Waals surface area contributed by atoms with Crippen molar-refractivity contribution in [1.29, 1.82) is 0 Å². The lowest BCUT2D eigenvalue weighted by Gasteiger charge is -2.20. The molecule has 0 saturated carbocycles. The van der Waals surface area contributed by atoms with Gasteiger partial charge in [-0.25, -0.2) is 4.68 Å². The second-order valence-electron chi connectivity index (χ2n) is 6.40. The Labute approximate surface area is 143 Å². The first kappa shape index (κ1) is 16.5. The van der Waals surface area contributed by atoms with Crippen molar-refractivity contribution in [2.45, 2.75) is 32.2 Å². The highest BCUT2D eigenvalue weighted by molar-refractivity contribution is 5.94. The molecule has 0 radical (unpaired) electrons. The molecule has 2 aromatic rings. The highest BCUT2D eigenvalue weighted by atomic mass is 16.2. The molecule has 3 rings (SSSR count). The van der Waals surface area contributed by atoms with Crippen LogP contribution in [0.5, 0.6) is 0 Å². The van der Waals surface area contributed by atoms with E-state index in [9.17, 15) is 4.79 Å². The summed E-state index contributed by atoms with van der Waals surface area (Å²) in [6.07, 6.45) is 6.82. The Morgan fingerprint density at radius 2 is 2.12 bits per heavy atom. The zero-order chi connectivity index (χ0) is 16.9. The van der Waals surface area contributed by atoms with Crippen molar-refractivity contribution in [2.75, 3.05) is 31.6 Å². The average molecular weight is 327 g/mol. The van der Waals surface area contributed by atoms with Crippen LogP contribution >= 0.6 is 0 Å². The Morgan fingerprint density at radius 3 is 2.79 bits per heavy atom. The molecular weight excluding hydrogens is 302 g/mol. The summed E-state index contributed by atoms with van der Waals surface area (Å²) in [4.78, 5) is 16.8. The second kappa shape index (κ2) is 7.47. The molecule has 1 atom stereocenters. The van der Waals surface area contributed by atoms with Crippen LogP contribution in [0.15, 0.2) is 36.7 Å². The number of anilines is 1. The summed E-state index contributed by atoms with van der Waals surface area (Å²) in [5.74, 6) is 0.0976. The van der Waals surface area contributed by atoms with E-state index in [0.717, 1.165) is 30.8 Å². The lowest BCUT2D eigenvalue weighted by molar-refractivity contribution is 0.0787. The summed E-state index contributed by atoms with van der Waals surface area (Å²) in [6.45, 7) is 4.69. The fourth-order valence-corrected chi connectivity index (χ4v) is 3.12. The van der Waals surface area contributed by atoms with Gasteiger partial charge in [0.05, 0.1) is 12.2 Å². The predicted octanol–water partition coefficient (Wildman–Crippen LogP) is 2.60. The van der Waals surface area contributed by atoms with Gasteiger partial charge in [0.15, 0.2) is 0 Å². The molecule has 1 amide bonds. The van der Waals surface area contributed by atoms with Gasteiger partial charge in [-0.3, -0.25) is 4.79 Å². The van der Waals surface area contributed by atoms with Gasteiger partial charge in [0.2, 0.25) is 0 Å². The summed E-state index contributed by atoms with van der Waals surface area (Å²) >= 11 is 0. The van der Waals surface area contributed by atoms with Gasteiger partial charge in [-0.2, -0.15) is 0 Å². The summed E-state index contributed by atoms with van der Waals surface area (Å²) in [5, 5.41) is 7.89. The Balaban J connectivity index is 1.61. The Bertz CT molecular complexity index is 653. The van der Waals surface area contributed by atoms with E-state index in [1.807, 2.05) is 40.0 Å². The zero-order valence-corrected chi connectivity index (χ0v) is 14.4. The van der Waals surface area contributed by atoms with Gasteiger partial charge >= 0.3 is 0 Å².